The third-order valence-corrected chi connectivity index (χ3v) is 4.14. The van der Waals surface area contributed by atoms with Crippen molar-refractivity contribution in [2.24, 2.45) is 0 Å². The maximum atomic E-state index is 12.3. The quantitative estimate of drug-likeness (QED) is 0.815. The summed E-state index contributed by atoms with van der Waals surface area (Å²) in [6.07, 6.45) is 5.30. The maximum Gasteiger partial charge on any atom is 0.247 e. The molecule has 114 valence electrons. The Hall–Kier alpha value is -1.61. The topological polar surface area (TPSA) is 32.3 Å². The molecule has 0 aromatic heterocycles. The van der Waals surface area contributed by atoms with Gasteiger partial charge in [-0.15, -0.1) is 0 Å². The molecule has 0 spiro atoms. The Morgan fingerprint density at radius 1 is 1.29 bits per heavy atom. The van der Waals surface area contributed by atoms with Crippen molar-refractivity contribution in [3.63, 3.8) is 0 Å². The lowest BCUT2D eigenvalue weighted by molar-refractivity contribution is -0.117. The minimum Gasteiger partial charge on any atom is -0.351 e. The Morgan fingerprint density at radius 3 is 2.57 bits per heavy atom. The van der Waals surface area contributed by atoms with Crippen molar-refractivity contribution < 1.29 is 4.79 Å². The molecule has 1 fully saturated rings. The van der Waals surface area contributed by atoms with Crippen molar-refractivity contribution in [3.8, 4) is 0 Å². The molecule has 1 aromatic rings. The van der Waals surface area contributed by atoms with Crippen LogP contribution in [0.4, 0.5) is 0 Å². The van der Waals surface area contributed by atoms with Crippen LogP contribution in [0.5, 0.6) is 0 Å². The van der Waals surface area contributed by atoms with Crippen LogP contribution < -0.4 is 5.32 Å². The predicted octanol–water partition coefficient (Wildman–Crippen LogP) is 3.08. The number of carbonyl (C=O) groups is 1. The number of nitrogens with zero attached hydrogens (tertiary/aromatic N) is 1. The summed E-state index contributed by atoms with van der Waals surface area (Å²) in [7, 11) is 0. The molecule has 1 aliphatic rings. The molecule has 1 saturated heterocycles. The molecule has 0 radical (unpaired) electrons. The van der Waals surface area contributed by atoms with E-state index >= 15 is 0 Å². The highest BCUT2D eigenvalue weighted by molar-refractivity contribution is 5.97. The van der Waals surface area contributed by atoms with Crippen LogP contribution in [0, 0.1) is 0 Å². The van der Waals surface area contributed by atoms with Crippen LogP contribution in [0.3, 0.4) is 0 Å². The van der Waals surface area contributed by atoms with E-state index in [2.05, 4.69) is 17.1 Å². The van der Waals surface area contributed by atoms with Crippen LogP contribution in [0.2, 0.25) is 0 Å². The third-order valence-electron chi connectivity index (χ3n) is 4.14. The number of hydrogen-bond acceptors (Lipinski definition) is 2. The summed E-state index contributed by atoms with van der Waals surface area (Å²) in [6.45, 7) is 7.27. The molecule has 1 aromatic carbocycles. The Labute approximate surface area is 128 Å². The fraction of sp³-hybridized carbons (Fsp3) is 0.500. The van der Waals surface area contributed by atoms with Crippen LogP contribution >= 0.6 is 0 Å². The van der Waals surface area contributed by atoms with Crippen LogP contribution in [-0.2, 0) is 4.79 Å². The van der Waals surface area contributed by atoms with Gasteiger partial charge in [0, 0.05) is 18.2 Å². The van der Waals surface area contributed by atoms with Gasteiger partial charge in [-0.2, -0.15) is 0 Å². The number of hydrogen-bond donors (Lipinski definition) is 1. The fourth-order valence-electron chi connectivity index (χ4n) is 2.74. The smallest absolute Gasteiger partial charge is 0.247 e. The number of amides is 1. The van der Waals surface area contributed by atoms with Gasteiger partial charge in [-0.25, -0.2) is 0 Å². The molecule has 21 heavy (non-hydrogen) atoms. The van der Waals surface area contributed by atoms with E-state index in [1.165, 1.54) is 12.8 Å². The van der Waals surface area contributed by atoms with Gasteiger partial charge in [0.2, 0.25) is 5.91 Å². The van der Waals surface area contributed by atoms with Gasteiger partial charge < -0.3 is 5.32 Å². The van der Waals surface area contributed by atoms with Crippen LogP contribution in [0.15, 0.2) is 35.9 Å². The van der Waals surface area contributed by atoms with E-state index in [-0.39, 0.29) is 5.91 Å². The average Bonchev–Trinajstić information content (AvgIpc) is 3.05. The fourth-order valence-corrected chi connectivity index (χ4v) is 2.74. The zero-order valence-corrected chi connectivity index (χ0v) is 13.1. The van der Waals surface area contributed by atoms with Crippen LogP contribution in [0.1, 0.15) is 38.7 Å². The van der Waals surface area contributed by atoms with E-state index in [1.54, 1.807) is 0 Å². The normalized spacial score (nSPS) is 17.7. The summed E-state index contributed by atoms with van der Waals surface area (Å²) in [6, 6.07) is 10.4. The minimum atomic E-state index is 0.0624. The number of nitrogens with one attached hydrogen (secondary N) is 1. The van der Waals surface area contributed by atoms with Gasteiger partial charge in [0.15, 0.2) is 0 Å². The monoisotopic (exact) mass is 286 g/mol. The average molecular weight is 286 g/mol. The molecule has 0 saturated carbocycles. The van der Waals surface area contributed by atoms with Gasteiger partial charge in [-0.3, -0.25) is 9.69 Å². The molecule has 1 heterocycles. The predicted molar refractivity (Wildman–Crippen MR) is 88.0 cm³/mol. The van der Waals surface area contributed by atoms with E-state index in [4.69, 9.17) is 0 Å². The standard InChI is InChI=1S/C18H26N2O/c1-3-17(13-16-9-5-4-6-10-16)18(21)19-14-15(2)20-11-7-8-12-20/h4-6,9-10,13,15H,3,7-8,11-12,14H2,1-2H3,(H,19,21)/b17-13+. The van der Waals surface area contributed by atoms with Gasteiger partial charge in [0.25, 0.3) is 0 Å². The maximum absolute atomic E-state index is 12.3. The highest BCUT2D eigenvalue weighted by Crippen LogP contribution is 2.12. The summed E-state index contributed by atoms with van der Waals surface area (Å²) < 4.78 is 0. The van der Waals surface area contributed by atoms with Crippen molar-refractivity contribution in [1.82, 2.24) is 10.2 Å². The molecule has 1 N–H and O–H groups in total. The number of likely N-dealkylation sites (tertiary alicyclic amines) is 1. The molecule has 2 rings (SSSR count). The molecule has 0 aliphatic carbocycles. The molecule has 3 nitrogen and oxygen atoms in total. The van der Waals surface area contributed by atoms with E-state index in [1.807, 2.05) is 43.3 Å². The molecule has 1 aliphatic heterocycles. The van der Waals surface area contributed by atoms with Gasteiger partial charge in [-0.05, 0) is 50.9 Å². The first kappa shape index (κ1) is 15.8. The largest absolute Gasteiger partial charge is 0.351 e. The van der Waals surface area contributed by atoms with E-state index in [0.29, 0.717) is 6.04 Å². The van der Waals surface area contributed by atoms with E-state index in [9.17, 15) is 4.79 Å². The molecule has 0 bridgehead atoms. The van der Waals surface area contributed by atoms with Gasteiger partial charge in [-0.1, -0.05) is 37.3 Å². The highest BCUT2D eigenvalue weighted by atomic mass is 16.1. The Morgan fingerprint density at radius 2 is 1.95 bits per heavy atom. The van der Waals surface area contributed by atoms with Gasteiger partial charge in [0.05, 0.1) is 0 Å². The highest BCUT2D eigenvalue weighted by Gasteiger charge is 2.18. The van der Waals surface area contributed by atoms with Crippen molar-refractivity contribution in [3.05, 3.63) is 41.5 Å². The van der Waals surface area contributed by atoms with Crippen LogP contribution in [0.25, 0.3) is 6.08 Å². The lowest BCUT2D eigenvalue weighted by atomic mass is 10.1. The molecular weight excluding hydrogens is 260 g/mol. The third kappa shape index (κ3) is 4.71. The Bertz CT molecular complexity index is 475. The minimum absolute atomic E-state index is 0.0624. The lowest BCUT2D eigenvalue weighted by Crippen LogP contribution is -2.41. The second-order valence-electron chi connectivity index (χ2n) is 5.74. The summed E-state index contributed by atoms with van der Waals surface area (Å²) in [4.78, 5) is 14.8. The molecule has 1 atom stereocenters. The number of rotatable bonds is 6. The Balaban J connectivity index is 1.89. The van der Waals surface area contributed by atoms with Gasteiger partial charge >= 0.3 is 0 Å². The Kier molecular flexibility index (Phi) is 6.00. The summed E-state index contributed by atoms with van der Waals surface area (Å²) in [5.74, 6) is 0.0624. The molecular formula is C18H26N2O. The molecule has 1 amide bonds. The molecule has 1 unspecified atom stereocenters. The number of carbonyl (C=O) groups excluding carboxylic acids is 1. The SMILES string of the molecule is CC/C(=C\c1ccccc1)C(=O)NCC(C)N1CCCC1. The first-order valence-electron chi connectivity index (χ1n) is 7.98. The first-order valence-corrected chi connectivity index (χ1v) is 7.98. The van der Waals surface area contributed by atoms with Gasteiger partial charge in [0.1, 0.15) is 0 Å². The van der Waals surface area contributed by atoms with Crippen molar-refractivity contribution >= 4 is 12.0 Å². The summed E-state index contributed by atoms with van der Waals surface area (Å²) >= 11 is 0. The second-order valence-corrected chi connectivity index (χ2v) is 5.74. The number of benzene rings is 1. The lowest BCUT2D eigenvalue weighted by Gasteiger charge is -2.24. The van der Waals surface area contributed by atoms with Crippen molar-refractivity contribution in [2.45, 2.75) is 39.2 Å². The zero-order valence-electron chi connectivity index (χ0n) is 13.1. The molecule has 3 heteroatoms. The van der Waals surface area contributed by atoms with Crippen LogP contribution in [-0.4, -0.2) is 36.5 Å². The summed E-state index contributed by atoms with van der Waals surface area (Å²) in [5.41, 5.74) is 1.92. The van der Waals surface area contributed by atoms with Crippen molar-refractivity contribution in [2.75, 3.05) is 19.6 Å². The first-order chi connectivity index (χ1) is 10.2. The van der Waals surface area contributed by atoms with E-state index < -0.39 is 0 Å². The second kappa shape index (κ2) is 7.99. The van der Waals surface area contributed by atoms with Crippen molar-refractivity contribution in [1.29, 1.82) is 0 Å². The summed E-state index contributed by atoms with van der Waals surface area (Å²) in [5, 5.41) is 3.08. The zero-order chi connectivity index (χ0) is 15.1. The van der Waals surface area contributed by atoms with E-state index in [0.717, 1.165) is 37.2 Å².